The zero-order valence-electron chi connectivity index (χ0n) is 17.5. The van der Waals surface area contributed by atoms with E-state index in [-0.39, 0.29) is 35.3 Å². The number of hydrogen-bond acceptors (Lipinski definition) is 5. The van der Waals surface area contributed by atoms with Gasteiger partial charge in [-0.2, -0.15) is 20.5 Å². The van der Waals surface area contributed by atoms with Crippen molar-refractivity contribution in [3.05, 3.63) is 29.3 Å². The maximum Gasteiger partial charge on any atom is 0.387 e. The quantitative estimate of drug-likeness (QED) is 0.306. The van der Waals surface area contributed by atoms with Crippen molar-refractivity contribution in [2.45, 2.75) is 32.0 Å². The van der Waals surface area contributed by atoms with Crippen LogP contribution in [0.1, 0.15) is 17.5 Å². The normalized spacial score (nSPS) is 22.6. The van der Waals surface area contributed by atoms with Crippen LogP contribution in [0.5, 0.6) is 5.75 Å². The molecule has 0 aromatic heterocycles. The van der Waals surface area contributed by atoms with Crippen LogP contribution in [-0.2, 0) is 11.3 Å². The van der Waals surface area contributed by atoms with Crippen molar-refractivity contribution in [3.8, 4) is 5.75 Å². The summed E-state index contributed by atoms with van der Waals surface area (Å²) in [5.41, 5.74) is 1.76. The highest BCUT2D eigenvalue weighted by Crippen LogP contribution is 2.33. The van der Waals surface area contributed by atoms with Crippen molar-refractivity contribution in [1.82, 2.24) is 15.5 Å². The van der Waals surface area contributed by atoms with Crippen molar-refractivity contribution in [3.63, 3.8) is 0 Å². The van der Waals surface area contributed by atoms with E-state index in [9.17, 15) is 8.78 Å². The molecule has 0 bridgehead atoms. The third kappa shape index (κ3) is 6.83. The van der Waals surface area contributed by atoms with Gasteiger partial charge in [-0.3, -0.25) is 9.89 Å². The molecule has 2 aliphatic rings. The lowest BCUT2D eigenvalue weighted by Gasteiger charge is -2.43. The number of morpholine rings is 1. The standard InChI is InChI=1S/C20H30F2N4O2S.HI/c1-15-3-4-17(28-18(21)22)16(11-15)12-24-19(23-2)25-13-20(5-10-29-14-20)26-6-8-27-9-7-26;/h3-4,11,18H,5-10,12-14H2,1-2H3,(H2,23,24,25);1H. The van der Waals surface area contributed by atoms with Gasteiger partial charge in [-0.1, -0.05) is 17.7 Å². The summed E-state index contributed by atoms with van der Waals surface area (Å²) in [4.78, 5) is 6.84. The van der Waals surface area contributed by atoms with Gasteiger partial charge in [0, 0.05) is 50.1 Å². The van der Waals surface area contributed by atoms with E-state index in [1.165, 1.54) is 0 Å². The average molecular weight is 556 g/mol. The molecule has 2 N–H and O–H groups in total. The van der Waals surface area contributed by atoms with Crippen LogP contribution >= 0.6 is 35.7 Å². The third-order valence-corrected chi connectivity index (χ3v) is 6.69. The van der Waals surface area contributed by atoms with Crippen LogP contribution in [0.3, 0.4) is 0 Å². The Kier molecular flexibility index (Phi) is 10.4. The second-order valence-corrected chi connectivity index (χ2v) is 8.50. The number of aliphatic imine (C=N–C) groups is 1. The molecule has 0 spiro atoms. The molecule has 2 fully saturated rings. The molecule has 1 aromatic carbocycles. The van der Waals surface area contributed by atoms with E-state index in [2.05, 4.69) is 25.3 Å². The average Bonchev–Trinajstić information content (AvgIpc) is 3.20. The largest absolute Gasteiger partial charge is 0.434 e. The van der Waals surface area contributed by atoms with Crippen molar-refractivity contribution < 1.29 is 18.3 Å². The lowest BCUT2D eigenvalue weighted by Crippen LogP contribution is -2.60. The minimum Gasteiger partial charge on any atom is -0.434 e. The number of alkyl halides is 2. The maximum absolute atomic E-state index is 12.7. The van der Waals surface area contributed by atoms with Crippen LogP contribution in [0, 0.1) is 6.92 Å². The lowest BCUT2D eigenvalue weighted by molar-refractivity contribution is -0.0504. The predicted molar refractivity (Wildman–Crippen MR) is 128 cm³/mol. The summed E-state index contributed by atoms with van der Waals surface area (Å²) >= 11 is 1.98. The predicted octanol–water partition coefficient (Wildman–Crippen LogP) is 3.09. The number of aryl methyl sites for hydroxylation is 1. The SMILES string of the molecule is CN=C(NCc1cc(C)ccc1OC(F)F)NCC1(N2CCOCC2)CCSC1.I. The number of guanidine groups is 1. The Morgan fingerprint density at radius 2 is 2.10 bits per heavy atom. The van der Waals surface area contributed by atoms with Gasteiger partial charge in [0.1, 0.15) is 5.75 Å². The minimum absolute atomic E-state index is 0. The van der Waals surface area contributed by atoms with Crippen molar-refractivity contribution in [2.24, 2.45) is 4.99 Å². The van der Waals surface area contributed by atoms with Crippen LogP contribution < -0.4 is 15.4 Å². The topological polar surface area (TPSA) is 58.1 Å². The number of nitrogens with one attached hydrogen (secondary N) is 2. The van der Waals surface area contributed by atoms with Crippen molar-refractivity contribution in [2.75, 3.05) is 51.4 Å². The number of halogens is 3. The number of ether oxygens (including phenoxy) is 2. The fourth-order valence-corrected chi connectivity index (χ4v) is 5.32. The molecule has 6 nitrogen and oxygen atoms in total. The fraction of sp³-hybridized carbons (Fsp3) is 0.650. The number of hydrogen-bond donors (Lipinski definition) is 2. The summed E-state index contributed by atoms with van der Waals surface area (Å²) in [7, 11) is 1.72. The molecular weight excluding hydrogens is 525 g/mol. The fourth-order valence-electron chi connectivity index (χ4n) is 3.84. The number of nitrogens with zero attached hydrogens (tertiary/aromatic N) is 2. The Labute approximate surface area is 198 Å². The van der Waals surface area contributed by atoms with Crippen molar-refractivity contribution in [1.29, 1.82) is 0 Å². The summed E-state index contributed by atoms with van der Waals surface area (Å²) in [6.07, 6.45) is 1.13. The highest BCUT2D eigenvalue weighted by atomic mass is 127. The first-order valence-corrected chi connectivity index (χ1v) is 11.1. The molecule has 0 aliphatic carbocycles. The van der Waals surface area contributed by atoms with Gasteiger partial charge in [-0.25, -0.2) is 0 Å². The second kappa shape index (κ2) is 12.3. The molecule has 0 saturated carbocycles. The number of rotatable bonds is 7. The monoisotopic (exact) mass is 556 g/mol. The Morgan fingerprint density at radius 3 is 2.73 bits per heavy atom. The van der Waals surface area contributed by atoms with Gasteiger partial charge in [0.25, 0.3) is 0 Å². The van der Waals surface area contributed by atoms with E-state index < -0.39 is 6.61 Å². The molecule has 1 aromatic rings. The van der Waals surface area contributed by atoms with Crippen LogP contribution in [0.15, 0.2) is 23.2 Å². The van der Waals surface area contributed by atoms with Gasteiger partial charge in [0.15, 0.2) is 5.96 Å². The molecule has 3 rings (SSSR count). The Hall–Kier alpha value is -0.850. The van der Waals surface area contributed by atoms with E-state index in [4.69, 9.17) is 4.74 Å². The summed E-state index contributed by atoms with van der Waals surface area (Å²) in [5, 5.41) is 6.68. The molecule has 1 atom stereocenters. The summed E-state index contributed by atoms with van der Waals surface area (Å²) < 4.78 is 35.5. The van der Waals surface area contributed by atoms with E-state index in [0.717, 1.165) is 56.3 Å². The van der Waals surface area contributed by atoms with Gasteiger partial charge in [0.2, 0.25) is 0 Å². The van der Waals surface area contributed by atoms with E-state index in [1.54, 1.807) is 19.2 Å². The smallest absolute Gasteiger partial charge is 0.387 e. The van der Waals surface area contributed by atoms with Crippen LogP contribution in [0.4, 0.5) is 8.78 Å². The molecule has 0 amide bonds. The molecule has 0 radical (unpaired) electrons. The molecule has 30 heavy (non-hydrogen) atoms. The molecule has 10 heteroatoms. The minimum atomic E-state index is -2.85. The molecule has 2 heterocycles. The van der Waals surface area contributed by atoms with Gasteiger partial charge >= 0.3 is 6.61 Å². The molecule has 170 valence electrons. The molecular formula is C20H31F2IN4O2S. The Balaban J connectivity index is 0.00000320. The number of thioether (sulfide) groups is 1. The summed E-state index contributed by atoms with van der Waals surface area (Å²) in [6, 6.07) is 5.19. The first-order chi connectivity index (χ1) is 14.0. The van der Waals surface area contributed by atoms with E-state index >= 15 is 0 Å². The van der Waals surface area contributed by atoms with Crippen LogP contribution in [0.25, 0.3) is 0 Å². The van der Waals surface area contributed by atoms with Gasteiger partial charge in [-0.15, -0.1) is 24.0 Å². The highest BCUT2D eigenvalue weighted by Gasteiger charge is 2.40. The Bertz CT molecular complexity index is 699. The van der Waals surface area contributed by atoms with E-state index in [1.807, 2.05) is 24.8 Å². The van der Waals surface area contributed by atoms with Gasteiger partial charge in [-0.05, 0) is 25.2 Å². The van der Waals surface area contributed by atoms with Gasteiger partial charge in [0.05, 0.1) is 13.2 Å². The van der Waals surface area contributed by atoms with Crippen molar-refractivity contribution >= 4 is 41.7 Å². The van der Waals surface area contributed by atoms with Crippen LogP contribution in [0.2, 0.25) is 0 Å². The van der Waals surface area contributed by atoms with Gasteiger partial charge < -0.3 is 20.1 Å². The third-order valence-electron chi connectivity index (χ3n) is 5.45. The zero-order valence-corrected chi connectivity index (χ0v) is 20.6. The first kappa shape index (κ1) is 25.4. The lowest BCUT2D eigenvalue weighted by atomic mass is 9.95. The first-order valence-electron chi connectivity index (χ1n) is 9.92. The summed E-state index contributed by atoms with van der Waals surface area (Å²) in [5.74, 6) is 3.08. The number of benzene rings is 1. The molecule has 2 saturated heterocycles. The zero-order chi connectivity index (χ0) is 20.7. The highest BCUT2D eigenvalue weighted by molar-refractivity contribution is 14.0. The Morgan fingerprint density at radius 1 is 1.33 bits per heavy atom. The maximum atomic E-state index is 12.7. The van der Waals surface area contributed by atoms with E-state index in [0.29, 0.717) is 18.1 Å². The van der Waals surface area contributed by atoms with Crippen LogP contribution in [-0.4, -0.2) is 74.4 Å². The molecule has 2 aliphatic heterocycles. The summed E-state index contributed by atoms with van der Waals surface area (Å²) in [6.45, 7) is 3.67. The second-order valence-electron chi connectivity index (χ2n) is 7.40. The molecule has 1 unspecified atom stereocenters.